The van der Waals surface area contributed by atoms with E-state index in [1.165, 1.54) is 14.2 Å². The van der Waals surface area contributed by atoms with E-state index in [0.717, 1.165) is 22.4 Å². The minimum absolute atomic E-state index is 0.118. The summed E-state index contributed by atoms with van der Waals surface area (Å²) in [6.07, 6.45) is 0. The molecule has 0 unspecified atom stereocenters. The first-order chi connectivity index (χ1) is 18.4. The molecule has 1 fully saturated rings. The predicted octanol–water partition coefficient (Wildman–Crippen LogP) is 4.39. The molecule has 0 spiro atoms. The summed E-state index contributed by atoms with van der Waals surface area (Å²) in [5.41, 5.74) is 3.86. The molecular formula is C29H28N2O7. The summed E-state index contributed by atoms with van der Waals surface area (Å²) >= 11 is 0. The van der Waals surface area contributed by atoms with Crippen LogP contribution in [0.4, 0.5) is 5.69 Å². The predicted molar refractivity (Wildman–Crippen MR) is 138 cm³/mol. The Hall–Kier alpha value is -4.58. The highest BCUT2D eigenvalue weighted by Crippen LogP contribution is 2.55. The maximum atomic E-state index is 13.3. The van der Waals surface area contributed by atoms with Gasteiger partial charge in [-0.1, -0.05) is 0 Å². The van der Waals surface area contributed by atoms with E-state index < -0.39 is 11.8 Å². The number of benzene rings is 3. The molecular weight excluding hydrogens is 488 g/mol. The molecule has 5 rings (SSSR count). The molecule has 4 atom stereocenters. The van der Waals surface area contributed by atoms with Gasteiger partial charge >= 0.3 is 5.97 Å². The van der Waals surface area contributed by atoms with E-state index in [0.29, 0.717) is 17.1 Å². The lowest BCUT2D eigenvalue weighted by atomic mass is 9.65. The Morgan fingerprint density at radius 1 is 0.895 bits per heavy atom. The van der Waals surface area contributed by atoms with E-state index in [9.17, 15) is 15.2 Å². The number of aromatic hydroxyl groups is 1. The highest BCUT2D eigenvalue weighted by molar-refractivity contribution is 5.79. The molecule has 0 aromatic heterocycles. The molecule has 0 bridgehead atoms. The van der Waals surface area contributed by atoms with Crippen LogP contribution in [0.3, 0.4) is 0 Å². The molecule has 0 radical (unpaired) electrons. The first-order valence-electron chi connectivity index (χ1n) is 12.1. The molecule has 0 saturated carbocycles. The molecule has 1 heterocycles. The normalized spacial score (nSPS) is 21.4. The third-order valence-electron chi connectivity index (χ3n) is 7.40. The zero-order valence-corrected chi connectivity index (χ0v) is 21.5. The Labute approximate surface area is 220 Å². The number of ether oxygens (including phenoxy) is 5. The Kier molecular flexibility index (Phi) is 6.64. The van der Waals surface area contributed by atoms with Crippen molar-refractivity contribution >= 4 is 11.7 Å². The van der Waals surface area contributed by atoms with Crippen LogP contribution in [0.25, 0.3) is 0 Å². The van der Waals surface area contributed by atoms with Crippen molar-refractivity contribution in [1.82, 2.24) is 0 Å². The van der Waals surface area contributed by atoms with Crippen LogP contribution in [0.15, 0.2) is 48.5 Å². The number of carbonyl (C=O) groups is 1. The van der Waals surface area contributed by atoms with Gasteiger partial charge in [0, 0.05) is 17.5 Å². The zero-order chi connectivity index (χ0) is 27.0. The van der Waals surface area contributed by atoms with Crippen LogP contribution in [0.2, 0.25) is 0 Å². The van der Waals surface area contributed by atoms with Crippen LogP contribution >= 0.6 is 0 Å². The number of nitrogens with one attached hydrogen (secondary N) is 1. The average Bonchev–Trinajstić information content (AvgIpc) is 3.33. The van der Waals surface area contributed by atoms with Gasteiger partial charge in [-0.3, -0.25) is 4.79 Å². The molecule has 3 aromatic rings. The summed E-state index contributed by atoms with van der Waals surface area (Å²) in [7, 11) is 6.07. The van der Waals surface area contributed by atoms with Gasteiger partial charge in [-0.15, -0.1) is 0 Å². The van der Waals surface area contributed by atoms with Gasteiger partial charge in [-0.25, -0.2) is 0 Å². The first kappa shape index (κ1) is 25.1. The number of rotatable bonds is 7. The SMILES string of the molecule is COc1cc2c(cc1OC)[C@@H](Nc1ccc(C#N)cc1)[C@H]1COC(=O)[C@@H]1[C@H]2c1cc(OC)c(O)c(OC)c1. The van der Waals surface area contributed by atoms with Gasteiger partial charge in [0.05, 0.1) is 58.6 Å². The fraction of sp³-hybridized carbons (Fsp3) is 0.310. The van der Waals surface area contributed by atoms with Crippen molar-refractivity contribution in [2.24, 2.45) is 11.8 Å². The van der Waals surface area contributed by atoms with Crippen LogP contribution in [0.5, 0.6) is 28.7 Å². The van der Waals surface area contributed by atoms with Crippen LogP contribution in [0, 0.1) is 23.2 Å². The van der Waals surface area contributed by atoms with Crippen molar-refractivity contribution in [1.29, 1.82) is 5.26 Å². The summed E-state index contributed by atoms with van der Waals surface area (Å²) < 4.78 is 27.7. The van der Waals surface area contributed by atoms with Gasteiger partial charge in [-0.2, -0.15) is 5.26 Å². The van der Waals surface area contributed by atoms with E-state index in [4.69, 9.17) is 23.7 Å². The molecule has 1 saturated heterocycles. The summed E-state index contributed by atoms with van der Waals surface area (Å²) in [4.78, 5) is 13.3. The van der Waals surface area contributed by atoms with Crippen LogP contribution < -0.4 is 24.3 Å². The Bertz CT molecular complexity index is 1390. The molecule has 9 nitrogen and oxygen atoms in total. The molecule has 9 heteroatoms. The molecule has 0 amide bonds. The second-order valence-electron chi connectivity index (χ2n) is 9.22. The maximum absolute atomic E-state index is 13.3. The smallest absolute Gasteiger partial charge is 0.310 e. The number of anilines is 1. The third kappa shape index (κ3) is 4.08. The number of nitriles is 1. The molecule has 2 N–H and O–H groups in total. The van der Waals surface area contributed by atoms with Crippen molar-refractivity contribution in [3.63, 3.8) is 0 Å². The second kappa shape index (κ2) is 10.1. The zero-order valence-electron chi connectivity index (χ0n) is 21.5. The lowest BCUT2D eigenvalue weighted by molar-refractivity contribution is -0.141. The van der Waals surface area contributed by atoms with Crippen LogP contribution in [-0.2, 0) is 9.53 Å². The van der Waals surface area contributed by atoms with Gasteiger partial charge in [-0.05, 0) is 65.2 Å². The summed E-state index contributed by atoms with van der Waals surface area (Å²) in [5.74, 6) is -0.0606. The highest BCUT2D eigenvalue weighted by Gasteiger charge is 2.52. The van der Waals surface area contributed by atoms with Crippen LogP contribution in [0.1, 0.15) is 34.2 Å². The van der Waals surface area contributed by atoms with Gasteiger partial charge in [0.1, 0.15) is 0 Å². The van der Waals surface area contributed by atoms with Gasteiger partial charge in [0.2, 0.25) is 5.75 Å². The number of hydrogen-bond donors (Lipinski definition) is 2. The van der Waals surface area contributed by atoms with E-state index >= 15 is 0 Å². The minimum Gasteiger partial charge on any atom is -0.502 e. The summed E-state index contributed by atoms with van der Waals surface area (Å²) in [5, 5.41) is 23.3. The number of hydrogen-bond acceptors (Lipinski definition) is 9. The topological polar surface area (TPSA) is 119 Å². The fourth-order valence-corrected chi connectivity index (χ4v) is 5.60. The fourth-order valence-electron chi connectivity index (χ4n) is 5.60. The monoisotopic (exact) mass is 516 g/mol. The minimum atomic E-state index is -0.532. The van der Waals surface area contributed by atoms with Crippen molar-refractivity contribution in [2.75, 3.05) is 40.4 Å². The quantitative estimate of drug-likeness (QED) is 0.441. The Balaban J connectivity index is 1.72. The summed E-state index contributed by atoms with van der Waals surface area (Å²) in [6.45, 7) is 0.230. The van der Waals surface area contributed by atoms with Crippen molar-refractivity contribution in [3.8, 4) is 34.8 Å². The van der Waals surface area contributed by atoms with E-state index in [1.807, 2.05) is 24.3 Å². The maximum Gasteiger partial charge on any atom is 0.310 e. The number of esters is 1. The van der Waals surface area contributed by atoms with Gasteiger partial charge in [0.15, 0.2) is 23.0 Å². The lowest BCUT2D eigenvalue weighted by Gasteiger charge is -2.40. The number of nitrogens with zero attached hydrogens (tertiary/aromatic N) is 1. The number of phenols is 1. The number of fused-ring (bicyclic) bond motifs is 2. The number of phenolic OH excluding ortho intramolecular Hbond substituents is 1. The molecule has 3 aromatic carbocycles. The molecule has 38 heavy (non-hydrogen) atoms. The van der Waals surface area contributed by atoms with Crippen molar-refractivity contribution in [3.05, 3.63) is 70.8 Å². The second-order valence-corrected chi connectivity index (χ2v) is 9.22. The Morgan fingerprint density at radius 3 is 2.03 bits per heavy atom. The van der Waals surface area contributed by atoms with Crippen LogP contribution in [-0.4, -0.2) is 46.1 Å². The number of methoxy groups -OCH3 is 4. The largest absolute Gasteiger partial charge is 0.502 e. The van der Waals surface area contributed by atoms with Gasteiger partial charge in [0.25, 0.3) is 0 Å². The Morgan fingerprint density at radius 2 is 1.47 bits per heavy atom. The number of cyclic esters (lactones) is 1. The molecule has 1 aliphatic heterocycles. The average molecular weight is 517 g/mol. The molecule has 2 aliphatic rings. The lowest BCUT2D eigenvalue weighted by Crippen LogP contribution is -2.37. The summed E-state index contributed by atoms with van der Waals surface area (Å²) in [6, 6.07) is 16.3. The van der Waals surface area contributed by atoms with E-state index in [-0.39, 0.29) is 41.8 Å². The van der Waals surface area contributed by atoms with E-state index in [2.05, 4.69) is 11.4 Å². The first-order valence-corrected chi connectivity index (χ1v) is 12.1. The molecule has 196 valence electrons. The highest BCUT2D eigenvalue weighted by atomic mass is 16.5. The molecule has 1 aliphatic carbocycles. The van der Waals surface area contributed by atoms with E-state index in [1.54, 1.807) is 38.5 Å². The van der Waals surface area contributed by atoms with Gasteiger partial charge < -0.3 is 34.1 Å². The number of carbonyl (C=O) groups excluding carboxylic acids is 1. The van der Waals surface area contributed by atoms with Crippen molar-refractivity contribution in [2.45, 2.75) is 12.0 Å². The standard InChI is InChI=1S/C29H28N2O7/c1-34-21-11-18-19(12-22(21)35-2)27(31-17-7-5-15(13-30)6-8-17)20-14-38-29(33)26(20)25(18)16-9-23(36-3)28(32)24(10-16)37-4/h5-12,20,25-27,31-32H,14H2,1-4H3/t20-,25-,26-,27+/m0/s1. The van der Waals surface area contributed by atoms with Crippen molar-refractivity contribution < 1.29 is 33.6 Å². The third-order valence-corrected chi connectivity index (χ3v) is 7.40.